The van der Waals surface area contributed by atoms with Crippen LogP contribution in [0, 0.1) is 12.7 Å². The number of hydrogen-bond acceptors (Lipinski definition) is 1. The molecule has 0 saturated heterocycles. The van der Waals surface area contributed by atoms with Gasteiger partial charge in [-0.15, -0.1) is 0 Å². The van der Waals surface area contributed by atoms with Gasteiger partial charge in [0.1, 0.15) is 5.82 Å². The third-order valence-corrected chi connectivity index (χ3v) is 3.33. The Hall–Kier alpha value is -1.88. The lowest BCUT2D eigenvalue weighted by Gasteiger charge is -2.19. The van der Waals surface area contributed by atoms with Crippen LogP contribution in [0.5, 0.6) is 0 Å². The van der Waals surface area contributed by atoms with Crippen LogP contribution in [0.25, 0.3) is 0 Å². The summed E-state index contributed by atoms with van der Waals surface area (Å²) in [4.78, 5) is 0. The van der Waals surface area contributed by atoms with Gasteiger partial charge < -0.3 is 5.32 Å². The molecular formula is C16H15F4N. The number of aryl methyl sites for hydroxylation is 1. The fraction of sp³-hybridized carbons (Fsp3) is 0.250. The van der Waals surface area contributed by atoms with Crippen molar-refractivity contribution in [3.63, 3.8) is 0 Å². The zero-order chi connectivity index (χ0) is 15.6. The Morgan fingerprint density at radius 1 is 1.00 bits per heavy atom. The van der Waals surface area contributed by atoms with Crippen LogP contribution in [-0.4, -0.2) is 7.05 Å². The highest BCUT2D eigenvalue weighted by Gasteiger charge is 2.30. The third-order valence-electron chi connectivity index (χ3n) is 3.33. The molecule has 0 bridgehead atoms. The smallest absolute Gasteiger partial charge is 0.309 e. The minimum Gasteiger partial charge on any atom is -0.309 e. The van der Waals surface area contributed by atoms with E-state index in [4.69, 9.17) is 0 Å². The van der Waals surface area contributed by atoms with E-state index < -0.39 is 17.8 Å². The predicted molar refractivity (Wildman–Crippen MR) is 73.5 cm³/mol. The van der Waals surface area contributed by atoms with Crippen molar-refractivity contribution >= 4 is 0 Å². The van der Waals surface area contributed by atoms with E-state index in [9.17, 15) is 17.6 Å². The van der Waals surface area contributed by atoms with Gasteiger partial charge in [-0.3, -0.25) is 0 Å². The Morgan fingerprint density at radius 2 is 1.62 bits per heavy atom. The fourth-order valence-corrected chi connectivity index (χ4v) is 2.23. The van der Waals surface area contributed by atoms with Gasteiger partial charge in [-0.1, -0.05) is 24.3 Å². The van der Waals surface area contributed by atoms with Crippen LogP contribution in [0.2, 0.25) is 0 Å². The molecule has 0 aliphatic carbocycles. The second-order valence-electron chi connectivity index (χ2n) is 4.87. The minimum atomic E-state index is -4.37. The van der Waals surface area contributed by atoms with E-state index in [0.717, 1.165) is 17.7 Å². The van der Waals surface area contributed by atoms with Crippen molar-refractivity contribution in [2.45, 2.75) is 19.1 Å². The summed E-state index contributed by atoms with van der Waals surface area (Å²) in [5.41, 5.74) is 1.06. The van der Waals surface area contributed by atoms with Crippen molar-refractivity contribution in [2.75, 3.05) is 7.05 Å². The lowest BCUT2D eigenvalue weighted by atomic mass is 9.96. The van der Waals surface area contributed by atoms with Crippen LogP contribution in [0.15, 0.2) is 42.5 Å². The van der Waals surface area contributed by atoms with E-state index in [-0.39, 0.29) is 5.82 Å². The molecule has 1 nitrogen and oxygen atoms in total. The van der Waals surface area contributed by atoms with Crippen molar-refractivity contribution in [1.82, 2.24) is 5.32 Å². The van der Waals surface area contributed by atoms with Crippen LogP contribution in [-0.2, 0) is 6.18 Å². The molecule has 0 saturated carbocycles. The summed E-state index contributed by atoms with van der Waals surface area (Å²) in [5.74, 6) is -0.380. The molecule has 1 atom stereocenters. The average molecular weight is 297 g/mol. The maximum absolute atomic E-state index is 14.0. The molecule has 2 rings (SSSR count). The van der Waals surface area contributed by atoms with Crippen LogP contribution in [0.1, 0.15) is 28.3 Å². The van der Waals surface area contributed by atoms with E-state index in [2.05, 4.69) is 5.32 Å². The van der Waals surface area contributed by atoms with Crippen molar-refractivity contribution in [3.8, 4) is 0 Å². The summed E-state index contributed by atoms with van der Waals surface area (Å²) in [6, 6.07) is 9.07. The van der Waals surface area contributed by atoms with Gasteiger partial charge in [0, 0.05) is 5.56 Å². The molecule has 2 aromatic rings. The second-order valence-corrected chi connectivity index (χ2v) is 4.87. The highest BCUT2D eigenvalue weighted by Crippen LogP contribution is 2.31. The van der Waals surface area contributed by atoms with Crippen LogP contribution in [0.4, 0.5) is 17.6 Å². The lowest BCUT2D eigenvalue weighted by molar-refractivity contribution is -0.137. The first-order valence-electron chi connectivity index (χ1n) is 6.43. The molecule has 112 valence electrons. The number of benzene rings is 2. The zero-order valence-corrected chi connectivity index (χ0v) is 11.6. The van der Waals surface area contributed by atoms with Crippen molar-refractivity contribution in [3.05, 3.63) is 70.5 Å². The number of nitrogens with one attached hydrogen (secondary N) is 1. The van der Waals surface area contributed by atoms with Gasteiger partial charge in [-0.2, -0.15) is 13.2 Å². The van der Waals surface area contributed by atoms with Gasteiger partial charge >= 0.3 is 6.18 Å². The van der Waals surface area contributed by atoms with Crippen LogP contribution >= 0.6 is 0 Å². The monoisotopic (exact) mass is 297 g/mol. The molecule has 2 aromatic carbocycles. The maximum Gasteiger partial charge on any atom is 0.416 e. The summed E-state index contributed by atoms with van der Waals surface area (Å²) < 4.78 is 51.7. The molecule has 0 fully saturated rings. The van der Waals surface area contributed by atoms with Gasteiger partial charge in [0.25, 0.3) is 0 Å². The summed E-state index contributed by atoms with van der Waals surface area (Å²) >= 11 is 0. The van der Waals surface area contributed by atoms with E-state index >= 15 is 0 Å². The summed E-state index contributed by atoms with van der Waals surface area (Å²) in [5, 5.41) is 2.93. The van der Waals surface area contributed by atoms with E-state index in [0.29, 0.717) is 11.1 Å². The Kier molecular flexibility index (Phi) is 4.32. The molecule has 1 N–H and O–H groups in total. The molecular weight excluding hydrogens is 282 g/mol. The Balaban J connectivity index is 2.37. The Morgan fingerprint density at radius 3 is 2.10 bits per heavy atom. The molecule has 0 aliphatic rings. The quantitative estimate of drug-likeness (QED) is 0.825. The predicted octanol–water partition coefficient (Wildman–Crippen LogP) is 4.46. The van der Waals surface area contributed by atoms with Crippen molar-refractivity contribution in [1.29, 1.82) is 0 Å². The van der Waals surface area contributed by atoms with Crippen molar-refractivity contribution < 1.29 is 17.6 Å². The normalized spacial score (nSPS) is 13.2. The number of rotatable bonds is 3. The minimum absolute atomic E-state index is 0.380. The fourth-order valence-electron chi connectivity index (χ4n) is 2.23. The highest BCUT2D eigenvalue weighted by atomic mass is 19.4. The van der Waals surface area contributed by atoms with Gasteiger partial charge in [-0.05, 0) is 43.3 Å². The van der Waals surface area contributed by atoms with Crippen LogP contribution in [0.3, 0.4) is 0 Å². The van der Waals surface area contributed by atoms with Gasteiger partial charge in [0.2, 0.25) is 0 Å². The van der Waals surface area contributed by atoms with Gasteiger partial charge in [0.15, 0.2) is 0 Å². The van der Waals surface area contributed by atoms with E-state index in [1.165, 1.54) is 18.2 Å². The zero-order valence-electron chi connectivity index (χ0n) is 11.6. The second kappa shape index (κ2) is 5.85. The molecule has 21 heavy (non-hydrogen) atoms. The van der Waals surface area contributed by atoms with Gasteiger partial charge in [-0.25, -0.2) is 4.39 Å². The molecule has 0 aliphatic heterocycles. The Bertz CT molecular complexity index is 617. The third kappa shape index (κ3) is 3.42. The van der Waals surface area contributed by atoms with Gasteiger partial charge in [0.05, 0.1) is 11.6 Å². The summed E-state index contributed by atoms with van der Waals surface area (Å²) in [7, 11) is 1.64. The molecule has 0 radical (unpaired) electrons. The first-order valence-corrected chi connectivity index (χ1v) is 6.43. The van der Waals surface area contributed by atoms with E-state index in [1.807, 2.05) is 0 Å². The maximum atomic E-state index is 14.0. The highest BCUT2D eigenvalue weighted by molar-refractivity contribution is 5.36. The molecule has 0 heterocycles. The van der Waals surface area contributed by atoms with Crippen molar-refractivity contribution in [2.24, 2.45) is 0 Å². The van der Waals surface area contributed by atoms with Crippen LogP contribution < -0.4 is 5.32 Å². The Labute approximate surface area is 120 Å². The number of hydrogen-bond donors (Lipinski definition) is 1. The molecule has 0 aromatic heterocycles. The van der Waals surface area contributed by atoms with E-state index in [1.54, 1.807) is 26.1 Å². The largest absolute Gasteiger partial charge is 0.416 e. The SMILES string of the molecule is CNC(c1ccc(C(F)(F)F)cc1)c1ccc(C)cc1F. The molecule has 5 heteroatoms. The standard InChI is InChI=1S/C16H15F4N/c1-10-3-8-13(14(17)9-10)15(21-2)11-4-6-12(7-5-11)16(18,19)20/h3-9,15,21H,1-2H3. The first-order chi connectivity index (χ1) is 9.82. The summed E-state index contributed by atoms with van der Waals surface area (Å²) in [6.45, 7) is 1.78. The first kappa shape index (κ1) is 15.5. The topological polar surface area (TPSA) is 12.0 Å². The molecule has 0 amide bonds. The average Bonchev–Trinajstić information content (AvgIpc) is 2.41. The molecule has 1 unspecified atom stereocenters. The number of alkyl halides is 3. The molecule has 0 spiro atoms. The number of halogens is 4. The lowest BCUT2D eigenvalue weighted by Crippen LogP contribution is -2.19. The summed E-state index contributed by atoms with van der Waals surface area (Å²) in [6.07, 6.45) is -4.37.